The molecule has 0 atom stereocenters. The first-order chi connectivity index (χ1) is 10.7. The predicted octanol–water partition coefficient (Wildman–Crippen LogP) is 2.04. The second-order valence-corrected chi connectivity index (χ2v) is 4.38. The number of ether oxygens (including phenoxy) is 1. The first kappa shape index (κ1) is 15.7. The molecule has 118 valence electrons. The zero-order valence-electron chi connectivity index (χ0n) is 12.1. The Bertz CT molecular complexity index is 602. The first-order valence-corrected chi connectivity index (χ1v) is 6.71. The van der Waals surface area contributed by atoms with Gasteiger partial charge in [-0.25, -0.2) is 9.97 Å². The Balaban J connectivity index is 2.09. The number of anilines is 2. The van der Waals surface area contributed by atoms with E-state index in [2.05, 4.69) is 20.6 Å². The van der Waals surface area contributed by atoms with Gasteiger partial charge in [-0.2, -0.15) is 0 Å². The van der Waals surface area contributed by atoms with Gasteiger partial charge in [0.05, 0.1) is 17.7 Å². The summed E-state index contributed by atoms with van der Waals surface area (Å²) < 4.78 is 10.1. The van der Waals surface area contributed by atoms with Crippen LogP contribution in [0.5, 0.6) is 0 Å². The molecule has 0 aromatic carbocycles. The SMILES string of the molecule is COCCCNc1ncnc(NCc2ccco2)c1[N+](=O)[O-]. The number of nitro groups is 1. The Hall–Kier alpha value is -2.68. The molecule has 0 aliphatic carbocycles. The van der Waals surface area contributed by atoms with E-state index in [1.807, 2.05) is 0 Å². The van der Waals surface area contributed by atoms with Crippen LogP contribution in [0.2, 0.25) is 0 Å². The lowest BCUT2D eigenvalue weighted by atomic mass is 10.3. The third-order valence-electron chi connectivity index (χ3n) is 2.83. The summed E-state index contributed by atoms with van der Waals surface area (Å²) in [6, 6.07) is 3.51. The summed E-state index contributed by atoms with van der Waals surface area (Å²) in [7, 11) is 1.60. The van der Waals surface area contributed by atoms with Gasteiger partial charge >= 0.3 is 5.69 Å². The normalized spacial score (nSPS) is 10.4. The summed E-state index contributed by atoms with van der Waals surface area (Å²) in [6.07, 6.45) is 3.52. The highest BCUT2D eigenvalue weighted by Crippen LogP contribution is 2.29. The van der Waals surface area contributed by atoms with Crippen molar-refractivity contribution in [1.82, 2.24) is 9.97 Å². The Morgan fingerprint density at radius 3 is 2.77 bits per heavy atom. The highest BCUT2D eigenvalue weighted by atomic mass is 16.6. The maximum Gasteiger partial charge on any atom is 0.353 e. The molecule has 2 aromatic rings. The summed E-state index contributed by atoms with van der Waals surface area (Å²) in [5.74, 6) is 0.978. The van der Waals surface area contributed by atoms with Gasteiger partial charge in [-0.1, -0.05) is 0 Å². The van der Waals surface area contributed by atoms with Gasteiger partial charge in [0.1, 0.15) is 12.1 Å². The second kappa shape index (κ2) is 7.93. The van der Waals surface area contributed by atoms with Crippen molar-refractivity contribution in [2.75, 3.05) is 30.9 Å². The van der Waals surface area contributed by atoms with E-state index in [-0.39, 0.29) is 17.3 Å². The topological polar surface area (TPSA) is 115 Å². The van der Waals surface area contributed by atoms with Gasteiger partial charge in [0.25, 0.3) is 0 Å². The number of nitrogens with zero attached hydrogens (tertiary/aromatic N) is 3. The average Bonchev–Trinajstić information content (AvgIpc) is 3.02. The molecule has 0 aliphatic heterocycles. The van der Waals surface area contributed by atoms with Crippen LogP contribution >= 0.6 is 0 Å². The molecule has 0 unspecified atom stereocenters. The van der Waals surface area contributed by atoms with E-state index in [0.29, 0.717) is 31.9 Å². The van der Waals surface area contributed by atoms with Crippen LogP contribution in [0.25, 0.3) is 0 Å². The molecule has 22 heavy (non-hydrogen) atoms. The molecular formula is C13H17N5O4. The van der Waals surface area contributed by atoms with Crippen LogP contribution < -0.4 is 10.6 Å². The fraction of sp³-hybridized carbons (Fsp3) is 0.385. The van der Waals surface area contributed by atoms with Crippen molar-refractivity contribution in [2.45, 2.75) is 13.0 Å². The van der Waals surface area contributed by atoms with Gasteiger partial charge in [0, 0.05) is 20.3 Å². The minimum absolute atomic E-state index is 0.144. The lowest BCUT2D eigenvalue weighted by molar-refractivity contribution is -0.383. The number of nitrogens with one attached hydrogen (secondary N) is 2. The highest BCUT2D eigenvalue weighted by molar-refractivity contribution is 5.69. The smallest absolute Gasteiger partial charge is 0.353 e. The van der Waals surface area contributed by atoms with Gasteiger partial charge in [0.15, 0.2) is 0 Å². The molecule has 0 saturated heterocycles. The van der Waals surface area contributed by atoms with Crippen molar-refractivity contribution in [3.05, 3.63) is 40.6 Å². The Morgan fingerprint density at radius 2 is 2.14 bits per heavy atom. The van der Waals surface area contributed by atoms with E-state index in [0.717, 1.165) is 0 Å². The minimum atomic E-state index is -0.511. The van der Waals surface area contributed by atoms with Crippen LogP contribution in [-0.2, 0) is 11.3 Å². The molecule has 0 aliphatic rings. The molecule has 0 saturated carbocycles. The van der Waals surface area contributed by atoms with E-state index < -0.39 is 4.92 Å². The van der Waals surface area contributed by atoms with Crippen LogP contribution in [0.15, 0.2) is 29.1 Å². The monoisotopic (exact) mass is 307 g/mol. The van der Waals surface area contributed by atoms with Crippen molar-refractivity contribution in [2.24, 2.45) is 0 Å². The molecule has 2 aromatic heterocycles. The summed E-state index contributed by atoms with van der Waals surface area (Å²) in [6.45, 7) is 1.38. The third kappa shape index (κ3) is 4.16. The Morgan fingerprint density at radius 1 is 1.36 bits per heavy atom. The van der Waals surface area contributed by atoms with Gasteiger partial charge < -0.3 is 19.8 Å². The van der Waals surface area contributed by atoms with Gasteiger partial charge in [0.2, 0.25) is 11.6 Å². The molecule has 9 nitrogen and oxygen atoms in total. The number of aromatic nitrogens is 2. The molecule has 0 fully saturated rings. The van der Waals surface area contributed by atoms with Gasteiger partial charge in [-0.3, -0.25) is 10.1 Å². The van der Waals surface area contributed by atoms with E-state index >= 15 is 0 Å². The zero-order chi connectivity index (χ0) is 15.8. The van der Waals surface area contributed by atoms with E-state index in [9.17, 15) is 10.1 Å². The third-order valence-corrected chi connectivity index (χ3v) is 2.83. The summed E-state index contributed by atoms with van der Waals surface area (Å²) in [4.78, 5) is 18.6. The molecular weight excluding hydrogens is 290 g/mol. The molecule has 9 heteroatoms. The van der Waals surface area contributed by atoms with Crippen LogP contribution in [-0.4, -0.2) is 35.2 Å². The lowest BCUT2D eigenvalue weighted by Gasteiger charge is -2.09. The standard InChI is InChI=1S/C13H17N5O4/c1-21-6-3-5-14-12-11(18(19)20)13(17-9-16-12)15-8-10-4-2-7-22-10/h2,4,7,9H,3,5-6,8H2,1H3,(H2,14,15,16,17). The van der Waals surface area contributed by atoms with Crippen molar-refractivity contribution in [1.29, 1.82) is 0 Å². The molecule has 0 spiro atoms. The second-order valence-electron chi connectivity index (χ2n) is 4.38. The maximum atomic E-state index is 11.3. The predicted molar refractivity (Wildman–Crippen MR) is 79.7 cm³/mol. The zero-order valence-corrected chi connectivity index (χ0v) is 12.1. The number of rotatable bonds is 9. The van der Waals surface area contributed by atoms with Crippen molar-refractivity contribution >= 4 is 17.3 Å². The van der Waals surface area contributed by atoms with Crippen LogP contribution in [0.3, 0.4) is 0 Å². The fourth-order valence-electron chi connectivity index (χ4n) is 1.82. The maximum absolute atomic E-state index is 11.3. The van der Waals surface area contributed by atoms with Gasteiger partial charge in [-0.05, 0) is 18.6 Å². The molecule has 2 heterocycles. The largest absolute Gasteiger partial charge is 0.467 e. The van der Waals surface area contributed by atoms with E-state index in [4.69, 9.17) is 9.15 Å². The summed E-state index contributed by atoms with van der Waals surface area (Å²) in [5.41, 5.74) is -0.188. The average molecular weight is 307 g/mol. The Kier molecular flexibility index (Phi) is 5.66. The Labute approximate surface area is 126 Å². The van der Waals surface area contributed by atoms with Crippen LogP contribution in [0.4, 0.5) is 17.3 Å². The van der Waals surface area contributed by atoms with Gasteiger partial charge in [-0.15, -0.1) is 0 Å². The van der Waals surface area contributed by atoms with Crippen molar-refractivity contribution in [3.8, 4) is 0 Å². The fourth-order valence-corrected chi connectivity index (χ4v) is 1.82. The number of furan rings is 1. The van der Waals surface area contributed by atoms with E-state index in [1.54, 1.807) is 19.2 Å². The number of hydrogen-bond acceptors (Lipinski definition) is 8. The first-order valence-electron chi connectivity index (χ1n) is 6.71. The molecule has 2 N–H and O–H groups in total. The van der Waals surface area contributed by atoms with Crippen molar-refractivity contribution in [3.63, 3.8) is 0 Å². The van der Waals surface area contributed by atoms with Crippen LogP contribution in [0.1, 0.15) is 12.2 Å². The molecule has 0 amide bonds. The van der Waals surface area contributed by atoms with Crippen LogP contribution in [0, 0.1) is 10.1 Å². The molecule has 0 bridgehead atoms. The molecule has 0 radical (unpaired) electrons. The number of hydrogen-bond donors (Lipinski definition) is 2. The lowest BCUT2D eigenvalue weighted by Crippen LogP contribution is -2.11. The quantitative estimate of drug-likeness (QED) is 0.411. The van der Waals surface area contributed by atoms with E-state index in [1.165, 1.54) is 12.6 Å². The summed E-state index contributed by atoms with van der Waals surface area (Å²) >= 11 is 0. The number of methoxy groups -OCH3 is 1. The summed E-state index contributed by atoms with van der Waals surface area (Å²) in [5, 5.41) is 17.1. The van der Waals surface area contributed by atoms with Crippen molar-refractivity contribution < 1.29 is 14.1 Å². The molecule has 2 rings (SSSR count). The highest BCUT2D eigenvalue weighted by Gasteiger charge is 2.22. The minimum Gasteiger partial charge on any atom is -0.467 e.